The Morgan fingerprint density at radius 1 is 0.926 bits per heavy atom. The molecule has 0 bridgehead atoms. The van der Waals surface area contributed by atoms with Crippen molar-refractivity contribution >= 4 is 23.5 Å². The minimum Gasteiger partial charge on any atom is -0.355 e. The van der Waals surface area contributed by atoms with Crippen molar-refractivity contribution in [2.24, 2.45) is 5.92 Å². The lowest BCUT2D eigenvalue weighted by atomic mass is 9.96. The van der Waals surface area contributed by atoms with E-state index in [4.69, 9.17) is 0 Å². The first-order chi connectivity index (χ1) is 13.1. The van der Waals surface area contributed by atoms with Crippen LogP contribution in [0.2, 0.25) is 0 Å². The van der Waals surface area contributed by atoms with Gasteiger partial charge >= 0.3 is 6.03 Å². The molecule has 1 aromatic carbocycles. The molecule has 2 aliphatic rings. The number of amides is 4. The van der Waals surface area contributed by atoms with E-state index in [1.165, 1.54) is 0 Å². The van der Waals surface area contributed by atoms with Gasteiger partial charge in [-0.1, -0.05) is 18.2 Å². The van der Waals surface area contributed by atoms with E-state index in [9.17, 15) is 14.4 Å². The van der Waals surface area contributed by atoms with Gasteiger partial charge in [0.1, 0.15) is 0 Å². The summed E-state index contributed by atoms with van der Waals surface area (Å²) in [6, 6.07) is 9.22. The summed E-state index contributed by atoms with van der Waals surface area (Å²) in [5.74, 6) is 0.0280. The Bertz CT molecular complexity index is 650. The zero-order chi connectivity index (χ0) is 19.1. The SMILES string of the molecule is O=C(NCCC(=O)N1CCCC1)C1CCN(C(=O)Nc2ccccc2)CC1. The number of benzene rings is 1. The smallest absolute Gasteiger partial charge is 0.321 e. The molecule has 0 aliphatic carbocycles. The average molecular weight is 372 g/mol. The molecule has 0 unspecified atom stereocenters. The molecule has 27 heavy (non-hydrogen) atoms. The first-order valence-electron chi connectivity index (χ1n) is 9.80. The number of nitrogens with one attached hydrogen (secondary N) is 2. The molecule has 146 valence electrons. The molecule has 4 amide bonds. The summed E-state index contributed by atoms with van der Waals surface area (Å²) >= 11 is 0. The lowest BCUT2D eigenvalue weighted by molar-refractivity contribution is -0.130. The molecule has 0 spiro atoms. The third-order valence-corrected chi connectivity index (χ3v) is 5.27. The molecule has 0 saturated carbocycles. The van der Waals surface area contributed by atoms with Crippen molar-refractivity contribution < 1.29 is 14.4 Å². The molecule has 2 fully saturated rings. The molecule has 3 rings (SSSR count). The van der Waals surface area contributed by atoms with Crippen molar-refractivity contribution in [3.05, 3.63) is 30.3 Å². The number of hydrogen-bond acceptors (Lipinski definition) is 3. The van der Waals surface area contributed by atoms with Crippen LogP contribution in [0.5, 0.6) is 0 Å². The van der Waals surface area contributed by atoms with Gasteiger partial charge in [-0.25, -0.2) is 4.79 Å². The lowest BCUT2D eigenvalue weighted by Gasteiger charge is -2.31. The zero-order valence-corrected chi connectivity index (χ0v) is 15.7. The molecular formula is C20H28N4O3. The Hall–Kier alpha value is -2.57. The fourth-order valence-electron chi connectivity index (χ4n) is 3.63. The predicted molar refractivity (Wildman–Crippen MR) is 103 cm³/mol. The summed E-state index contributed by atoms with van der Waals surface area (Å²) in [5, 5.41) is 5.76. The maximum Gasteiger partial charge on any atom is 0.321 e. The van der Waals surface area contributed by atoms with Gasteiger partial charge in [0.2, 0.25) is 11.8 Å². The van der Waals surface area contributed by atoms with E-state index in [-0.39, 0.29) is 23.8 Å². The van der Waals surface area contributed by atoms with Crippen LogP contribution in [0.15, 0.2) is 30.3 Å². The van der Waals surface area contributed by atoms with Gasteiger partial charge in [-0.15, -0.1) is 0 Å². The molecular weight excluding hydrogens is 344 g/mol. The molecule has 2 aliphatic heterocycles. The summed E-state index contributed by atoms with van der Waals surface area (Å²) in [4.78, 5) is 40.2. The lowest BCUT2D eigenvalue weighted by Crippen LogP contribution is -2.45. The van der Waals surface area contributed by atoms with E-state index >= 15 is 0 Å². The van der Waals surface area contributed by atoms with Crippen LogP contribution in [0.3, 0.4) is 0 Å². The van der Waals surface area contributed by atoms with Crippen LogP contribution in [-0.2, 0) is 9.59 Å². The summed E-state index contributed by atoms with van der Waals surface area (Å²) in [7, 11) is 0. The number of anilines is 1. The van der Waals surface area contributed by atoms with Crippen LogP contribution in [0.1, 0.15) is 32.1 Å². The first-order valence-corrected chi connectivity index (χ1v) is 9.80. The van der Waals surface area contributed by atoms with E-state index in [0.717, 1.165) is 31.6 Å². The van der Waals surface area contributed by atoms with Gasteiger partial charge < -0.3 is 20.4 Å². The predicted octanol–water partition coefficient (Wildman–Crippen LogP) is 2.06. The van der Waals surface area contributed by atoms with E-state index in [1.54, 1.807) is 4.90 Å². The second-order valence-corrected chi connectivity index (χ2v) is 7.19. The van der Waals surface area contributed by atoms with Crippen LogP contribution in [0.4, 0.5) is 10.5 Å². The highest BCUT2D eigenvalue weighted by molar-refractivity contribution is 5.89. The monoisotopic (exact) mass is 372 g/mol. The van der Waals surface area contributed by atoms with E-state index in [1.807, 2.05) is 35.2 Å². The van der Waals surface area contributed by atoms with Gasteiger partial charge in [0.25, 0.3) is 0 Å². The highest BCUT2D eigenvalue weighted by Crippen LogP contribution is 2.18. The van der Waals surface area contributed by atoms with Crippen LogP contribution in [0.25, 0.3) is 0 Å². The number of hydrogen-bond donors (Lipinski definition) is 2. The summed E-state index contributed by atoms with van der Waals surface area (Å²) in [5.41, 5.74) is 0.769. The molecule has 2 saturated heterocycles. The second kappa shape index (κ2) is 9.39. The van der Waals surface area contributed by atoms with Gasteiger partial charge in [-0.3, -0.25) is 9.59 Å². The number of carbonyl (C=O) groups excluding carboxylic acids is 3. The molecule has 1 aromatic rings. The molecule has 7 heteroatoms. The van der Waals surface area contributed by atoms with Crippen LogP contribution in [-0.4, -0.2) is 60.4 Å². The quantitative estimate of drug-likeness (QED) is 0.830. The standard InChI is InChI=1S/C20H28N4O3/c25-18(23-12-4-5-13-23)8-11-21-19(26)16-9-14-24(15-10-16)20(27)22-17-6-2-1-3-7-17/h1-3,6-7,16H,4-5,8-15H2,(H,21,26)(H,22,27). The third-order valence-electron chi connectivity index (χ3n) is 5.27. The Morgan fingerprint density at radius 3 is 2.26 bits per heavy atom. The molecule has 2 heterocycles. The number of likely N-dealkylation sites (tertiary alicyclic amines) is 2. The Kier molecular flexibility index (Phi) is 6.68. The summed E-state index contributed by atoms with van der Waals surface area (Å²) < 4.78 is 0. The maximum absolute atomic E-state index is 12.3. The van der Waals surface area contributed by atoms with Gasteiger partial charge in [-0.2, -0.15) is 0 Å². The number of para-hydroxylation sites is 1. The molecule has 7 nitrogen and oxygen atoms in total. The number of rotatable bonds is 5. The molecule has 0 radical (unpaired) electrons. The average Bonchev–Trinajstić information content (AvgIpc) is 3.23. The van der Waals surface area contributed by atoms with Crippen LogP contribution in [0, 0.1) is 5.92 Å². The Morgan fingerprint density at radius 2 is 1.59 bits per heavy atom. The van der Waals surface area contributed by atoms with Gasteiger partial charge in [0.15, 0.2) is 0 Å². The van der Waals surface area contributed by atoms with Gasteiger partial charge in [-0.05, 0) is 37.8 Å². The van der Waals surface area contributed by atoms with E-state index in [2.05, 4.69) is 10.6 Å². The Balaban J connectivity index is 1.35. The normalized spacial score (nSPS) is 17.6. The largest absolute Gasteiger partial charge is 0.355 e. The number of nitrogens with zero attached hydrogens (tertiary/aromatic N) is 2. The van der Waals surface area contributed by atoms with E-state index in [0.29, 0.717) is 38.9 Å². The summed E-state index contributed by atoms with van der Waals surface area (Å²) in [6.07, 6.45) is 3.81. The van der Waals surface area contributed by atoms with Crippen molar-refractivity contribution in [1.82, 2.24) is 15.1 Å². The minimum atomic E-state index is -0.128. The second-order valence-electron chi connectivity index (χ2n) is 7.19. The zero-order valence-electron chi connectivity index (χ0n) is 15.7. The first kappa shape index (κ1) is 19.2. The van der Waals surface area contributed by atoms with E-state index < -0.39 is 0 Å². The maximum atomic E-state index is 12.3. The number of carbonyl (C=O) groups is 3. The molecule has 0 atom stereocenters. The van der Waals surface area contributed by atoms with Crippen LogP contribution < -0.4 is 10.6 Å². The van der Waals surface area contributed by atoms with Crippen molar-refractivity contribution in [1.29, 1.82) is 0 Å². The third kappa shape index (κ3) is 5.45. The molecule has 0 aromatic heterocycles. The fraction of sp³-hybridized carbons (Fsp3) is 0.550. The van der Waals surface area contributed by atoms with Gasteiger partial charge in [0, 0.05) is 50.7 Å². The Labute approximate surface area is 160 Å². The topological polar surface area (TPSA) is 81.8 Å². The number of piperidine rings is 1. The van der Waals surface area contributed by atoms with Crippen LogP contribution >= 0.6 is 0 Å². The molecule has 2 N–H and O–H groups in total. The minimum absolute atomic E-state index is 0.00709. The van der Waals surface area contributed by atoms with Crippen molar-refractivity contribution in [3.63, 3.8) is 0 Å². The van der Waals surface area contributed by atoms with Crippen molar-refractivity contribution in [3.8, 4) is 0 Å². The highest BCUT2D eigenvalue weighted by Gasteiger charge is 2.27. The highest BCUT2D eigenvalue weighted by atomic mass is 16.2. The van der Waals surface area contributed by atoms with Crippen molar-refractivity contribution in [2.45, 2.75) is 32.1 Å². The van der Waals surface area contributed by atoms with Gasteiger partial charge in [0.05, 0.1) is 0 Å². The fourth-order valence-corrected chi connectivity index (χ4v) is 3.63. The summed E-state index contributed by atoms with van der Waals surface area (Å²) in [6.45, 7) is 3.20. The van der Waals surface area contributed by atoms with Crippen molar-refractivity contribution in [2.75, 3.05) is 38.0 Å². The number of urea groups is 1.